The first-order chi connectivity index (χ1) is 11.1. The van der Waals surface area contributed by atoms with Crippen LogP contribution in [-0.4, -0.2) is 30.6 Å². The van der Waals surface area contributed by atoms with E-state index in [4.69, 9.17) is 4.98 Å². The summed E-state index contributed by atoms with van der Waals surface area (Å²) in [6, 6.07) is 6.60. The Morgan fingerprint density at radius 3 is 2.87 bits per heavy atom. The zero-order valence-electron chi connectivity index (χ0n) is 14.0. The molecule has 0 radical (unpaired) electrons. The number of nitrogens with zero attached hydrogens (tertiary/aromatic N) is 5. The van der Waals surface area contributed by atoms with Crippen LogP contribution in [0.5, 0.6) is 0 Å². The zero-order chi connectivity index (χ0) is 16.0. The van der Waals surface area contributed by atoms with Crippen LogP contribution >= 0.6 is 0 Å². The SMILES string of the molecule is Cc1nn(C)c(C)c1C1CCCN1Cc1cn2ccccc2n1. The van der Waals surface area contributed by atoms with Crippen LogP contribution in [-0.2, 0) is 13.6 Å². The molecule has 1 atom stereocenters. The Labute approximate surface area is 136 Å². The largest absolute Gasteiger partial charge is 0.307 e. The van der Waals surface area contributed by atoms with Crippen LogP contribution in [0.15, 0.2) is 30.6 Å². The highest BCUT2D eigenvalue weighted by atomic mass is 15.3. The van der Waals surface area contributed by atoms with Gasteiger partial charge in [-0.3, -0.25) is 9.58 Å². The second-order valence-corrected chi connectivity index (χ2v) is 6.53. The maximum atomic E-state index is 4.75. The molecule has 0 spiro atoms. The molecule has 4 heterocycles. The summed E-state index contributed by atoms with van der Waals surface area (Å²) in [6.45, 7) is 6.34. The maximum absolute atomic E-state index is 4.75. The van der Waals surface area contributed by atoms with E-state index in [1.807, 2.05) is 23.9 Å². The Bertz CT molecular complexity index is 811. The van der Waals surface area contributed by atoms with Crippen molar-refractivity contribution in [3.05, 3.63) is 53.2 Å². The summed E-state index contributed by atoms with van der Waals surface area (Å²) in [4.78, 5) is 7.31. The first-order valence-corrected chi connectivity index (χ1v) is 8.30. The van der Waals surface area contributed by atoms with Gasteiger partial charge in [0.2, 0.25) is 0 Å². The van der Waals surface area contributed by atoms with Gasteiger partial charge in [-0.1, -0.05) is 6.07 Å². The summed E-state index contributed by atoms with van der Waals surface area (Å²) in [6.07, 6.45) is 6.66. The molecule has 0 N–H and O–H groups in total. The molecular formula is C18H23N5. The number of rotatable bonds is 3. The summed E-state index contributed by atoms with van der Waals surface area (Å²) in [5.41, 5.74) is 6.02. The van der Waals surface area contributed by atoms with Crippen molar-refractivity contribution < 1.29 is 0 Å². The molecule has 0 amide bonds. The fourth-order valence-corrected chi connectivity index (χ4v) is 3.89. The van der Waals surface area contributed by atoms with E-state index in [9.17, 15) is 0 Å². The first-order valence-electron chi connectivity index (χ1n) is 8.30. The molecule has 23 heavy (non-hydrogen) atoms. The van der Waals surface area contributed by atoms with Gasteiger partial charge in [0.15, 0.2) is 0 Å². The highest BCUT2D eigenvalue weighted by molar-refractivity contribution is 5.39. The van der Waals surface area contributed by atoms with Gasteiger partial charge in [0.25, 0.3) is 0 Å². The predicted molar refractivity (Wildman–Crippen MR) is 90.3 cm³/mol. The quantitative estimate of drug-likeness (QED) is 0.746. The van der Waals surface area contributed by atoms with Crippen molar-refractivity contribution in [3.8, 4) is 0 Å². The molecular weight excluding hydrogens is 286 g/mol. The Balaban J connectivity index is 1.62. The number of likely N-dealkylation sites (tertiary alicyclic amines) is 1. The Kier molecular flexibility index (Phi) is 3.45. The van der Waals surface area contributed by atoms with Gasteiger partial charge in [0.05, 0.1) is 11.4 Å². The topological polar surface area (TPSA) is 38.4 Å². The lowest BCUT2D eigenvalue weighted by molar-refractivity contribution is 0.244. The first kappa shape index (κ1) is 14.5. The van der Waals surface area contributed by atoms with Gasteiger partial charge in [-0.25, -0.2) is 4.98 Å². The monoisotopic (exact) mass is 309 g/mol. The van der Waals surface area contributed by atoms with Crippen molar-refractivity contribution in [3.63, 3.8) is 0 Å². The van der Waals surface area contributed by atoms with Crippen LogP contribution in [0.2, 0.25) is 0 Å². The average Bonchev–Trinajstić information content (AvgIpc) is 3.19. The third-order valence-corrected chi connectivity index (χ3v) is 5.04. The van der Waals surface area contributed by atoms with Gasteiger partial charge in [-0.15, -0.1) is 0 Å². The van der Waals surface area contributed by atoms with Crippen LogP contribution in [0, 0.1) is 13.8 Å². The fourth-order valence-electron chi connectivity index (χ4n) is 3.89. The molecule has 0 bridgehead atoms. The second-order valence-electron chi connectivity index (χ2n) is 6.53. The van der Waals surface area contributed by atoms with Crippen LogP contribution in [0.1, 0.15) is 41.5 Å². The molecule has 120 valence electrons. The molecule has 1 fully saturated rings. The van der Waals surface area contributed by atoms with Crippen LogP contribution in [0.3, 0.4) is 0 Å². The summed E-state index contributed by atoms with van der Waals surface area (Å²) in [5.74, 6) is 0. The minimum atomic E-state index is 0.466. The van der Waals surface area contributed by atoms with E-state index in [2.05, 4.69) is 46.7 Å². The molecule has 3 aromatic rings. The molecule has 1 saturated heterocycles. The van der Waals surface area contributed by atoms with Crippen molar-refractivity contribution in [1.29, 1.82) is 0 Å². The van der Waals surface area contributed by atoms with E-state index in [0.29, 0.717) is 6.04 Å². The Morgan fingerprint density at radius 2 is 2.13 bits per heavy atom. The average molecular weight is 309 g/mol. The van der Waals surface area contributed by atoms with Gasteiger partial charge in [-0.2, -0.15) is 5.10 Å². The van der Waals surface area contributed by atoms with Gasteiger partial charge >= 0.3 is 0 Å². The smallest absolute Gasteiger partial charge is 0.137 e. The zero-order valence-corrected chi connectivity index (χ0v) is 14.0. The van der Waals surface area contributed by atoms with Crippen LogP contribution in [0.4, 0.5) is 0 Å². The fraction of sp³-hybridized carbons (Fsp3) is 0.444. The normalized spacial score (nSPS) is 19.0. The summed E-state index contributed by atoms with van der Waals surface area (Å²) < 4.78 is 4.10. The van der Waals surface area contributed by atoms with E-state index < -0.39 is 0 Å². The molecule has 0 saturated carbocycles. The molecule has 1 unspecified atom stereocenters. The number of aromatic nitrogens is 4. The standard InChI is InChI=1S/C18H23N5/c1-13-18(14(2)21(3)20-13)16-7-6-10-22(16)11-15-12-23-9-5-4-8-17(23)19-15/h4-5,8-9,12,16H,6-7,10-11H2,1-3H3. The van der Waals surface area contributed by atoms with Crippen molar-refractivity contribution in [2.45, 2.75) is 39.3 Å². The Morgan fingerprint density at radius 1 is 1.26 bits per heavy atom. The third kappa shape index (κ3) is 2.45. The second kappa shape index (κ2) is 5.49. The lowest BCUT2D eigenvalue weighted by atomic mass is 10.0. The highest BCUT2D eigenvalue weighted by Crippen LogP contribution is 2.36. The molecule has 0 aliphatic carbocycles. The number of imidazole rings is 1. The molecule has 3 aromatic heterocycles. The number of aryl methyl sites for hydroxylation is 2. The summed E-state index contributed by atoms with van der Waals surface area (Å²) in [5, 5.41) is 4.60. The van der Waals surface area contributed by atoms with E-state index in [1.165, 1.54) is 24.1 Å². The number of pyridine rings is 1. The van der Waals surface area contributed by atoms with Gasteiger partial charge < -0.3 is 4.40 Å². The lowest BCUT2D eigenvalue weighted by Gasteiger charge is -2.24. The van der Waals surface area contributed by atoms with Crippen molar-refractivity contribution >= 4 is 5.65 Å². The number of hydrogen-bond acceptors (Lipinski definition) is 3. The number of fused-ring (bicyclic) bond motifs is 1. The van der Waals surface area contributed by atoms with Crippen LogP contribution in [0.25, 0.3) is 5.65 Å². The number of hydrogen-bond donors (Lipinski definition) is 0. The predicted octanol–water partition coefficient (Wildman–Crippen LogP) is 3.02. The van der Waals surface area contributed by atoms with Crippen molar-refractivity contribution in [1.82, 2.24) is 24.1 Å². The maximum Gasteiger partial charge on any atom is 0.137 e. The van der Waals surface area contributed by atoms with E-state index >= 15 is 0 Å². The molecule has 1 aliphatic rings. The molecule has 0 aromatic carbocycles. The molecule has 5 nitrogen and oxygen atoms in total. The highest BCUT2D eigenvalue weighted by Gasteiger charge is 2.30. The van der Waals surface area contributed by atoms with Crippen LogP contribution < -0.4 is 0 Å². The van der Waals surface area contributed by atoms with Gasteiger partial charge in [0.1, 0.15) is 5.65 Å². The molecule has 5 heteroatoms. The van der Waals surface area contributed by atoms with Gasteiger partial charge in [-0.05, 0) is 45.4 Å². The van der Waals surface area contributed by atoms with Crippen molar-refractivity contribution in [2.75, 3.05) is 6.54 Å². The van der Waals surface area contributed by atoms with Gasteiger partial charge in [0, 0.05) is 43.3 Å². The third-order valence-electron chi connectivity index (χ3n) is 5.04. The minimum absolute atomic E-state index is 0.466. The van der Waals surface area contributed by atoms with E-state index in [-0.39, 0.29) is 0 Å². The Hall–Kier alpha value is -2.14. The molecule has 1 aliphatic heterocycles. The lowest BCUT2D eigenvalue weighted by Crippen LogP contribution is -2.23. The molecule has 4 rings (SSSR count). The van der Waals surface area contributed by atoms with Crippen molar-refractivity contribution in [2.24, 2.45) is 7.05 Å². The minimum Gasteiger partial charge on any atom is -0.307 e. The van der Waals surface area contributed by atoms with E-state index in [1.54, 1.807) is 0 Å². The summed E-state index contributed by atoms with van der Waals surface area (Å²) >= 11 is 0. The van der Waals surface area contributed by atoms with E-state index in [0.717, 1.165) is 30.1 Å². The summed E-state index contributed by atoms with van der Waals surface area (Å²) in [7, 11) is 2.03.